The lowest BCUT2D eigenvalue weighted by atomic mass is 10.0. The summed E-state index contributed by atoms with van der Waals surface area (Å²) >= 11 is 5.64. The van der Waals surface area contributed by atoms with E-state index >= 15 is 0 Å². The number of aliphatic hydroxyl groups excluding tert-OH is 1. The Morgan fingerprint density at radius 1 is 1.57 bits per heavy atom. The molecular weight excluding hydrogens is 206 g/mol. The van der Waals surface area contributed by atoms with Crippen LogP contribution in [0.3, 0.4) is 0 Å². The summed E-state index contributed by atoms with van der Waals surface area (Å²) in [6, 6.07) is 4.24. The van der Waals surface area contributed by atoms with Crippen molar-refractivity contribution < 1.29 is 14.7 Å². The van der Waals surface area contributed by atoms with E-state index < -0.39 is 12.0 Å². The third-order valence-electron chi connectivity index (χ3n) is 1.74. The predicted octanol–water partition coefficient (Wildman–Crippen LogP) is 0.671. The Balaban J connectivity index is 3.23. The smallest absolute Gasteiger partial charge is 0.250 e. The summed E-state index contributed by atoms with van der Waals surface area (Å²) in [6.45, 7) is 0. The van der Waals surface area contributed by atoms with Crippen molar-refractivity contribution >= 4 is 23.8 Å². The Morgan fingerprint density at radius 3 is 2.71 bits per heavy atom. The van der Waals surface area contributed by atoms with Crippen LogP contribution in [0.5, 0.6) is 0 Å². The molecule has 0 fully saturated rings. The van der Waals surface area contributed by atoms with Gasteiger partial charge in [0.2, 0.25) is 0 Å². The number of carbonyl (C=O) groups excluding carboxylic acids is 2. The fraction of sp³-hybridized carbons (Fsp3) is 0.111. The largest absolute Gasteiger partial charge is 0.378 e. The highest BCUT2D eigenvalue weighted by Gasteiger charge is 2.17. The summed E-state index contributed by atoms with van der Waals surface area (Å²) in [6.07, 6.45) is -0.980. The zero-order chi connectivity index (χ0) is 10.7. The summed E-state index contributed by atoms with van der Waals surface area (Å²) < 4.78 is 0. The maximum absolute atomic E-state index is 10.7. The van der Waals surface area contributed by atoms with E-state index in [-0.39, 0.29) is 11.1 Å². The van der Waals surface area contributed by atoms with Crippen LogP contribution in [0, 0.1) is 0 Å². The lowest BCUT2D eigenvalue weighted by Crippen LogP contribution is -2.21. The molecule has 14 heavy (non-hydrogen) atoms. The van der Waals surface area contributed by atoms with Gasteiger partial charge in [0.15, 0.2) is 6.10 Å². The van der Waals surface area contributed by atoms with E-state index in [4.69, 9.17) is 17.3 Å². The van der Waals surface area contributed by atoms with Crippen LogP contribution in [0.15, 0.2) is 18.2 Å². The Labute approximate surface area is 85.3 Å². The fourth-order valence-electron chi connectivity index (χ4n) is 1.04. The molecule has 0 aromatic heterocycles. The normalized spacial score (nSPS) is 12.1. The van der Waals surface area contributed by atoms with Crippen molar-refractivity contribution in [3.8, 4) is 0 Å². The average molecular weight is 214 g/mol. The molecule has 1 unspecified atom stereocenters. The summed E-state index contributed by atoms with van der Waals surface area (Å²) in [5, 5.41) is 9.67. The van der Waals surface area contributed by atoms with Gasteiger partial charge in [0.25, 0.3) is 5.91 Å². The molecule has 0 spiro atoms. The fourth-order valence-corrected chi connectivity index (χ4v) is 1.22. The Kier molecular flexibility index (Phi) is 3.22. The number of hydrogen-bond donors (Lipinski definition) is 2. The summed E-state index contributed by atoms with van der Waals surface area (Å²) in [7, 11) is 0. The first kappa shape index (κ1) is 10.7. The van der Waals surface area contributed by atoms with Crippen LogP contribution in [-0.4, -0.2) is 17.3 Å². The molecule has 0 saturated heterocycles. The molecule has 1 rings (SSSR count). The van der Waals surface area contributed by atoms with Gasteiger partial charge >= 0.3 is 0 Å². The van der Waals surface area contributed by atoms with Gasteiger partial charge in [0, 0.05) is 16.1 Å². The number of aliphatic hydroxyl groups is 1. The van der Waals surface area contributed by atoms with Crippen molar-refractivity contribution in [3.05, 3.63) is 34.3 Å². The number of aldehydes is 1. The molecule has 5 heteroatoms. The van der Waals surface area contributed by atoms with Gasteiger partial charge in [-0.05, 0) is 18.2 Å². The second-order valence-electron chi connectivity index (χ2n) is 2.70. The van der Waals surface area contributed by atoms with Crippen molar-refractivity contribution in [2.75, 3.05) is 0 Å². The van der Waals surface area contributed by atoms with Crippen LogP contribution < -0.4 is 5.73 Å². The number of hydrogen-bond acceptors (Lipinski definition) is 3. The molecule has 0 aliphatic carbocycles. The maximum Gasteiger partial charge on any atom is 0.250 e. The first-order chi connectivity index (χ1) is 6.56. The van der Waals surface area contributed by atoms with E-state index in [1.165, 1.54) is 18.2 Å². The second-order valence-corrected chi connectivity index (χ2v) is 3.13. The number of primary amides is 1. The van der Waals surface area contributed by atoms with Crippen molar-refractivity contribution in [2.45, 2.75) is 6.10 Å². The maximum atomic E-state index is 10.7. The lowest BCUT2D eigenvalue weighted by molar-refractivity contribution is -0.126. The van der Waals surface area contributed by atoms with Gasteiger partial charge in [0.05, 0.1) is 0 Å². The van der Waals surface area contributed by atoms with E-state index in [2.05, 4.69) is 0 Å². The van der Waals surface area contributed by atoms with E-state index in [9.17, 15) is 14.7 Å². The molecule has 74 valence electrons. The third kappa shape index (κ3) is 2.10. The molecule has 1 aromatic carbocycles. The van der Waals surface area contributed by atoms with Gasteiger partial charge in [-0.25, -0.2) is 0 Å². The molecule has 0 aliphatic rings. The highest BCUT2D eigenvalue weighted by Crippen LogP contribution is 2.21. The number of amides is 1. The van der Waals surface area contributed by atoms with Crippen LogP contribution >= 0.6 is 11.6 Å². The number of benzene rings is 1. The Morgan fingerprint density at radius 2 is 2.21 bits per heavy atom. The Bertz CT molecular complexity index is 378. The first-order valence-electron chi connectivity index (χ1n) is 3.78. The minimum Gasteiger partial charge on any atom is -0.378 e. The number of nitrogens with two attached hydrogens (primary N) is 1. The van der Waals surface area contributed by atoms with Crippen LogP contribution in [0.25, 0.3) is 0 Å². The highest BCUT2D eigenvalue weighted by atomic mass is 35.5. The van der Waals surface area contributed by atoms with E-state index in [1.54, 1.807) is 0 Å². The van der Waals surface area contributed by atoms with E-state index in [1.807, 2.05) is 0 Å². The first-order valence-corrected chi connectivity index (χ1v) is 4.16. The predicted molar refractivity (Wildman–Crippen MR) is 51.0 cm³/mol. The van der Waals surface area contributed by atoms with Crippen LogP contribution in [-0.2, 0) is 4.79 Å². The lowest BCUT2D eigenvalue weighted by Gasteiger charge is -2.09. The zero-order valence-corrected chi connectivity index (χ0v) is 7.86. The van der Waals surface area contributed by atoms with Gasteiger partial charge in [-0.1, -0.05) is 11.6 Å². The molecule has 4 nitrogen and oxygen atoms in total. The minimum atomic E-state index is -1.51. The summed E-state index contributed by atoms with van der Waals surface area (Å²) in [5.74, 6) is -0.921. The molecule has 0 heterocycles. The number of rotatable bonds is 3. The summed E-state index contributed by atoms with van der Waals surface area (Å²) in [5.41, 5.74) is 5.21. The number of carbonyl (C=O) groups is 2. The van der Waals surface area contributed by atoms with Gasteiger partial charge in [-0.3, -0.25) is 9.59 Å². The summed E-state index contributed by atoms with van der Waals surface area (Å²) in [4.78, 5) is 21.3. The van der Waals surface area contributed by atoms with Crippen LogP contribution in [0.1, 0.15) is 22.0 Å². The standard InChI is InChI=1S/C9H8ClNO3/c10-6-2-1-5(4-12)7(3-6)8(13)9(11)14/h1-4,8,13H,(H2,11,14). The molecule has 1 amide bonds. The van der Waals surface area contributed by atoms with Crippen molar-refractivity contribution in [3.63, 3.8) is 0 Å². The topological polar surface area (TPSA) is 80.4 Å². The second kappa shape index (κ2) is 4.21. The van der Waals surface area contributed by atoms with Gasteiger partial charge < -0.3 is 10.8 Å². The molecule has 3 N–H and O–H groups in total. The molecule has 1 atom stereocenters. The van der Waals surface area contributed by atoms with Gasteiger partial charge in [-0.15, -0.1) is 0 Å². The van der Waals surface area contributed by atoms with Gasteiger partial charge in [0.1, 0.15) is 6.29 Å². The third-order valence-corrected chi connectivity index (χ3v) is 1.97. The minimum absolute atomic E-state index is 0.125. The van der Waals surface area contributed by atoms with Crippen molar-refractivity contribution in [1.82, 2.24) is 0 Å². The quantitative estimate of drug-likeness (QED) is 0.725. The zero-order valence-electron chi connectivity index (χ0n) is 7.11. The molecule has 0 radical (unpaired) electrons. The van der Waals surface area contributed by atoms with Crippen LogP contribution in [0.2, 0.25) is 5.02 Å². The highest BCUT2D eigenvalue weighted by molar-refractivity contribution is 6.30. The van der Waals surface area contributed by atoms with Crippen LogP contribution in [0.4, 0.5) is 0 Å². The van der Waals surface area contributed by atoms with Crippen molar-refractivity contribution in [1.29, 1.82) is 0 Å². The molecule has 0 bridgehead atoms. The molecule has 1 aromatic rings. The number of halogens is 1. The monoisotopic (exact) mass is 213 g/mol. The Hall–Kier alpha value is -1.39. The van der Waals surface area contributed by atoms with Crippen molar-refractivity contribution in [2.24, 2.45) is 5.73 Å². The molecular formula is C9H8ClNO3. The SMILES string of the molecule is NC(=O)C(O)c1cc(Cl)ccc1C=O. The average Bonchev–Trinajstić information content (AvgIpc) is 2.16. The van der Waals surface area contributed by atoms with E-state index in [0.717, 1.165) is 0 Å². The molecule has 0 saturated carbocycles. The van der Waals surface area contributed by atoms with E-state index in [0.29, 0.717) is 11.3 Å². The van der Waals surface area contributed by atoms with Gasteiger partial charge in [-0.2, -0.15) is 0 Å². The molecule has 0 aliphatic heterocycles.